The van der Waals surface area contributed by atoms with Gasteiger partial charge >= 0.3 is 0 Å². The quantitative estimate of drug-likeness (QED) is 0.415. The molecule has 2 atom stereocenters. The highest BCUT2D eigenvalue weighted by molar-refractivity contribution is 6.89. The van der Waals surface area contributed by atoms with E-state index in [1.165, 1.54) is 11.1 Å². The van der Waals surface area contributed by atoms with Crippen LogP contribution in [0.25, 0.3) is 0 Å². The summed E-state index contributed by atoms with van der Waals surface area (Å²) in [4.78, 5) is 26.7. The maximum atomic E-state index is 13.3. The SMILES string of the molecule is CC(=O)N(C(C)Cc1ccccc1)[Si](C)(c1ccccc1)N(C(C)=O)C(C)Cc1ccccc1. The summed E-state index contributed by atoms with van der Waals surface area (Å²) in [6.07, 6.45) is 1.46. The number of carbonyl (C=O) groups excluding carboxylic acids is 2. The lowest BCUT2D eigenvalue weighted by atomic mass is 10.1. The normalized spacial score (nSPS) is 14.5. The van der Waals surface area contributed by atoms with E-state index in [9.17, 15) is 9.59 Å². The molecule has 0 spiro atoms. The highest BCUT2D eigenvalue weighted by atomic mass is 28.3. The number of rotatable bonds is 9. The van der Waals surface area contributed by atoms with Gasteiger partial charge in [-0.25, -0.2) is 0 Å². The molecule has 2 amide bonds. The first-order valence-electron chi connectivity index (χ1n) is 12.0. The maximum Gasteiger partial charge on any atom is 0.299 e. The molecular weight excluding hydrogens is 436 g/mol. The van der Waals surface area contributed by atoms with E-state index in [1.54, 1.807) is 13.8 Å². The Balaban J connectivity index is 2.10. The van der Waals surface area contributed by atoms with Crippen molar-refractivity contribution in [3.05, 3.63) is 102 Å². The standard InChI is InChI=1S/C29H36N2O2Si/c1-23(21-27-15-9-6-10-16-27)30(25(3)32)34(5,29-19-13-8-14-20-29)31(26(4)33)24(2)22-28-17-11-7-12-18-28/h6-20,23-24H,21-22H2,1-5H3. The van der Waals surface area contributed by atoms with Crippen molar-refractivity contribution >= 4 is 25.4 Å². The summed E-state index contributed by atoms with van der Waals surface area (Å²) in [5.74, 6) is -0.000719. The van der Waals surface area contributed by atoms with Crippen LogP contribution in [0.2, 0.25) is 6.55 Å². The lowest BCUT2D eigenvalue weighted by molar-refractivity contribution is -0.129. The number of carbonyl (C=O) groups is 2. The second kappa shape index (κ2) is 11.3. The van der Waals surface area contributed by atoms with E-state index in [4.69, 9.17) is 0 Å². The molecule has 0 radical (unpaired) electrons. The number of benzene rings is 3. The first kappa shape index (κ1) is 25.4. The minimum Gasteiger partial charge on any atom is -0.345 e. The van der Waals surface area contributed by atoms with Gasteiger partial charge in [-0.05, 0) is 49.5 Å². The van der Waals surface area contributed by atoms with Crippen LogP contribution in [0.15, 0.2) is 91.0 Å². The zero-order valence-electron chi connectivity index (χ0n) is 20.9. The van der Waals surface area contributed by atoms with Crippen molar-refractivity contribution in [2.24, 2.45) is 0 Å². The van der Waals surface area contributed by atoms with Gasteiger partial charge in [-0.3, -0.25) is 9.59 Å². The zero-order valence-corrected chi connectivity index (χ0v) is 21.9. The van der Waals surface area contributed by atoms with E-state index in [-0.39, 0.29) is 23.9 Å². The van der Waals surface area contributed by atoms with Crippen molar-refractivity contribution in [3.8, 4) is 0 Å². The maximum absolute atomic E-state index is 13.3. The molecule has 0 saturated heterocycles. The summed E-state index contributed by atoms with van der Waals surface area (Å²) >= 11 is 0. The number of nitrogens with zero attached hydrogens (tertiary/aromatic N) is 2. The average molecular weight is 473 g/mol. The summed E-state index contributed by atoms with van der Waals surface area (Å²) in [7, 11) is -2.98. The van der Waals surface area contributed by atoms with E-state index in [1.807, 2.05) is 63.7 Å². The van der Waals surface area contributed by atoms with Crippen LogP contribution in [0.1, 0.15) is 38.8 Å². The van der Waals surface area contributed by atoms with Gasteiger partial charge in [0.1, 0.15) is 0 Å². The largest absolute Gasteiger partial charge is 0.345 e. The molecule has 0 N–H and O–H groups in total. The van der Waals surface area contributed by atoms with Crippen molar-refractivity contribution in [3.63, 3.8) is 0 Å². The third-order valence-corrected chi connectivity index (χ3v) is 11.4. The summed E-state index contributed by atoms with van der Waals surface area (Å²) in [6, 6.07) is 30.5. The monoisotopic (exact) mass is 472 g/mol. The van der Waals surface area contributed by atoms with E-state index in [2.05, 4.69) is 56.8 Å². The fourth-order valence-electron chi connectivity index (χ4n) is 5.33. The van der Waals surface area contributed by atoms with Gasteiger partial charge in [0.25, 0.3) is 8.40 Å². The van der Waals surface area contributed by atoms with Gasteiger partial charge in [0.15, 0.2) is 0 Å². The Hall–Kier alpha value is -3.18. The fraction of sp³-hybridized carbons (Fsp3) is 0.310. The van der Waals surface area contributed by atoms with Gasteiger partial charge < -0.3 is 9.13 Å². The minimum absolute atomic E-state index is 0.000359. The molecule has 0 fully saturated rings. The lowest BCUT2D eigenvalue weighted by Gasteiger charge is -2.51. The van der Waals surface area contributed by atoms with Crippen LogP contribution >= 0.6 is 0 Å². The summed E-state index contributed by atoms with van der Waals surface area (Å²) in [6.45, 7) is 9.62. The molecule has 0 aromatic heterocycles. The Labute approximate surface area is 205 Å². The van der Waals surface area contributed by atoms with Gasteiger partial charge in [0, 0.05) is 25.9 Å². The molecule has 178 valence electrons. The predicted octanol–water partition coefficient (Wildman–Crippen LogP) is 4.93. The molecule has 0 aliphatic heterocycles. The molecular formula is C29H36N2O2Si. The van der Waals surface area contributed by atoms with Gasteiger partial charge in [0.2, 0.25) is 11.8 Å². The summed E-state index contributed by atoms with van der Waals surface area (Å²) < 4.78 is 4.05. The smallest absolute Gasteiger partial charge is 0.299 e. The van der Waals surface area contributed by atoms with Crippen LogP contribution in [0.4, 0.5) is 0 Å². The third-order valence-electron chi connectivity index (χ3n) is 6.57. The highest BCUT2D eigenvalue weighted by Gasteiger charge is 2.49. The molecule has 2 unspecified atom stereocenters. The Morgan fingerprint density at radius 1 is 0.647 bits per heavy atom. The molecule has 5 heteroatoms. The minimum atomic E-state index is -2.98. The van der Waals surface area contributed by atoms with Crippen LogP contribution in [0.5, 0.6) is 0 Å². The highest BCUT2D eigenvalue weighted by Crippen LogP contribution is 2.26. The van der Waals surface area contributed by atoms with Crippen molar-refractivity contribution < 1.29 is 9.59 Å². The van der Waals surface area contributed by atoms with Crippen molar-refractivity contribution in [1.82, 2.24) is 9.13 Å². The summed E-state index contributed by atoms with van der Waals surface area (Å²) in [5, 5.41) is 1.06. The average Bonchev–Trinajstić information content (AvgIpc) is 2.80. The second-order valence-electron chi connectivity index (χ2n) is 9.24. The van der Waals surface area contributed by atoms with Crippen LogP contribution in [-0.2, 0) is 22.4 Å². The van der Waals surface area contributed by atoms with Crippen LogP contribution in [-0.4, -0.2) is 41.4 Å². The Morgan fingerprint density at radius 2 is 0.971 bits per heavy atom. The molecule has 0 aliphatic carbocycles. The van der Waals surface area contributed by atoms with Crippen LogP contribution < -0.4 is 5.19 Å². The van der Waals surface area contributed by atoms with Gasteiger partial charge in [-0.15, -0.1) is 0 Å². The lowest BCUT2D eigenvalue weighted by Crippen LogP contribution is -2.76. The number of hydrogen-bond donors (Lipinski definition) is 0. The van der Waals surface area contributed by atoms with E-state index in [0.717, 1.165) is 18.0 Å². The van der Waals surface area contributed by atoms with E-state index < -0.39 is 8.40 Å². The van der Waals surface area contributed by atoms with Gasteiger partial charge in [0.05, 0.1) is 0 Å². The van der Waals surface area contributed by atoms with E-state index >= 15 is 0 Å². The predicted molar refractivity (Wildman–Crippen MR) is 142 cm³/mol. The molecule has 3 rings (SSSR count). The third kappa shape index (κ3) is 5.65. The van der Waals surface area contributed by atoms with E-state index in [0.29, 0.717) is 0 Å². The Bertz CT molecular complexity index is 1010. The molecule has 3 aromatic carbocycles. The number of hydrogen-bond acceptors (Lipinski definition) is 2. The molecule has 3 aromatic rings. The molecule has 0 aliphatic rings. The number of amides is 2. The first-order chi connectivity index (χ1) is 16.2. The second-order valence-corrected chi connectivity index (χ2v) is 12.8. The molecule has 0 saturated carbocycles. The van der Waals surface area contributed by atoms with Crippen molar-refractivity contribution in [1.29, 1.82) is 0 Å². The molecule has 4 nitrogen and oxygen atoms in total. The van der Waals surface area contributed by atoms with Crippen LogP contribution in [0.3, 0.4) is 0 Å². The molecule has 0 heterocycles. The van der Waals surface area contributed by atoms with Crippen molar-refractivity contribution in [2.75, 3.05) is 0 Å². The fourth-order valence-corrected chi connectivity index (χ4v) is 10.1. The van der Waals surface area contributed by atoms with Gasteiger partial charge in [-0.1, -0.05) is 91.0 Å². The Kier molecular flexibility index (Phi) is 8.45. The molecule has 0 bridgehead atoms. The zero-order chi connectivity index (χ0) is 24.7. The first-order valence-corrected chi connectivity index (χ1v) is 14.4. The molecule has 34 heavy (non-hydrogen) atoms. The topological polar surface area (TPSA) is 40.6 Å². The van der Waals surface area contributed by atoms with Crippen LogP contribution in [0, 0.1) is 0 Å². The Morgan fingerprint density at radius 3 is 1.29 bits per heavy atom. The summed E-state index contributed by atoms with van der Waals surface area (Å²) in [5.41, 5.74) is 2.36. The van der Waals surface area contributed by atoms with Crippen molar-refractivity contribution in [2.45, 2.75) is 59.2 Å². The van der Waals surface area contributed by atoms with Gasteiger partial charge in [-0.2, -0.15) is 0 Å².